The van der Waals surface area contributed by atoms with Crippen molar-refractivity contribution in [1.29, 1.82) is 0 Å². The highest BCUT2D eigenvalue weighted by Gasteiger charge is 2.31. The number of piperidine rings is 1. The minimum Gasteiger partial charge on any atom is -0.481 e. The summed E-state index contributed by atoms with van der Waals surface area (Å²) in [5.41, 5.74) is 0.908. The molecule has 0 amide bonds. The van der Waals surface area contributed by atoms with Crippen molar-refractivity contribution < 1.29 is 19.8 Å². The van der Waals surface area contributed by atoms with E-state index in [1.165, 1.54) is 6.07 Å². The quantitative estimate of drug-likeness (QED) is 0.756. The molecule has 2 unspecified atom stereocenters. The summed E-state index contributed by atoms with van der Waals surface area (Å²) in [7, 11) is 0. The number of hydrogen-bond donors (Lipinski definition) is 3. The third kappa shape index (κ3) is 2.51. The zero-order chi connectivity index (χ0) is 13.1. The lowest BCUT2D eigenvalue weighted by Gasteiger charge is -2.30. The van der Waals surface area contributed by atoms with Crippen molar-refractivity contribution in [3.05, 3.63) is 35.4 Å². The van der Waals surface area contributed by atoms with E-state index in [2.05, 4.69) is 5.32 Å². The molecule has 5 nitrogen and oxygen atoms in total. The first kappa shape index (κ1) is 12.6. The minimum atomic E-state index is -1.00. The number of rotatable bonds is 3. The maximum atomic E-state index is 11.2. The molecule has 0 aliphatic carbocycles. The van der Waals surface area contributed by atoms with E-state index in [9.17, 15) is 14.7 Å². The van der Waals surface area contributed by atoms with E-state index in [1.807, 2.05) is 0 Å². The molecule has 0 saturated carbocycles. The summed E-state index contributed by atoms with van der Waals surface area (Å²) < 4.78 is 0. The molecule has 18 heavy (non-hydrogen) atoms. The molecule has 2 atom stereocenters. The normalized spacial score (nSPS) is 23.6. The number of aromatic carboxylic acids is 1. The molecule has 0 radical (unpaired) electrons. The van der Waals surface area contributed by atoms with Gasteiger partial charge in [0.15, 0.2) is 0 Å². The van der Waals surface area contributed by atoms with Crippen LogP contribution in [0, 0.1) is 5.92 Å². The summed E-state index contributed by atoms with van der Waals surface area (Å²) in [6.07, 6.45) is 1.44. The van der Waals surface area contributed by atoms with Gasteiger partial charge < -0.3 is 15.5 Å². The van der Waals surface area contributed by atoms with E-state index in [4.69, 9.17) is 5.11 Å². The van der Waals surface area contributed by atoms with Gasteiger partial charge in [0.05, 0.1) is 11.5 Å². The number of aliphatic carboxylic acids is 1. The standard InChI is InChI=1S/C13H15NO4/c15-12(16)9-4-1-3-8(7-9)11-10(13(17)18)5-2-6-14-11/h1,3-4,7,10-11,14H,2,5-6H2,(H,15,16)(H,17,18). The Bertz CT molecular complexity index is 472. The maximum Gasteiger partial charge on any atom is 0.335 e. The fourth-order valence-electron chi connectivity index (χ4n) is 2.37. The van der Waals surface area contributed by atoms with Crippen LogP contribution in [0.1, 0.15) is 34.8 Å². The Balaban J connectivity index is 2.30. The maximum absolute atomic E-state index is 11.2. The van der Waals surface area contributed by atoms with Gasteiger partial charge in [0.1, 0.15) is 0 Å². The number of hydrogen-bond acceptors (Lipinski definition) is 3. The van der Waals surface area contributed by atoms with Crippen LogP contribution in [-0.4, -0.2) is 28.7 Å². The van der Waals surface area contributed by atoms with Gasteiger partial charge in [0, 0.05) is 6.04 Å². The number of nitrogens with one attached hydrogen (secondary N) is 1. The fraction of sp³-hybridized carbons (Fsp3) is 0.385. The molecule has 96 valence electrons. The number of carbonyl (C=O) groups is 2. The Morgan fingerprint density at radius 3 is 2.72 bits per heavy atom. The Kier molecular flexibility index (Phi) is 3.62. The zero-order valence-corrected chi connectivity index (χ0v) is 9.80. The van der Waals surface area contributed by atoms with Gasteiger partial charge in [-0.1, -0.05) is 12.1 Å². The van der Waals surface area contributed by atoms with E-state index >= 15 is 0 Å². The van der Waals surface area contributed by atoms with Gasteiger partial charge in [-0.15, -0.1) is 0 Å². The lowest BCUT2D eigenvalue weighted by atomic mass is 9.86. The van der Waals surface area contributed by atoms with E-state index in [1.54, 1.807) is 18.2 Å². The SMILES string of the molecule is O=C(O)c1cccc(C2NCCCC2C(=O)O)c1. The van der Waals surface area contributed by atoms with Crippen molar-refractivity contribution >= 4 is 11.9 Å². The predicted octanol–water partition coefficient (Wildman–Crippen LogP) is 1.51. The number of carboxylic acid groups (broad SMARTS) is 2. The Morgan fingerprint density at radius 2 is 2.06 bits per heavy atom. The number of benzene rings is 1. The van der Waals surface area contributed by atoms with Crippen LogP contribution in [0.2, 0.25) is 0 Å². The molecular weight excluding hydrogens is 234 g/mol. The highest BCUT2D eigenvalue weighted by Crippen LogP contribution is 2.29. The van der Waals surface area contributed by atoms with Crippen molar-refractivity contribution in [3.63, 3.8) is 0 Å². The Labute approximate surface area is 104 Å². The Morgan fingerprint density at radius 1 is 1.28 bits per heavy atom. The molecule has 1 aromatic rings. The first-order valence-electron chi connectivity index (χ1n) is 5.89. The van der Waals surface area contributed by atoms with Crippen LogP contribution >= 0.6 is 0 Å². The first-order valence-corrected chi connectivity index (χ1v) is 5.89. The average Bonchev–Trinajstić information content (AvgIpc) is 2.39. The molecule has 0 bridgehead atoms. The average molecular weight is 249 g/mol. The van der Waals surface area contributed by atoms with Gasteiger partial charge >= 0.3 is 11.9 Å². The second-order valence-corrected chi connectivity index (χ2v) is 4.45. The highest BCUT2D eigenvalue weighted by atomic mass is 16.4. The summed E-state index contributed by atoms with van der Waals surface area (Å²) in [6, 6.07) is 6.15. The lowest BCUT2D eigenvalue weighted by Crippen LogP contribution is -2.38. The summed E-state index contributed by atoms with van der Waals surface area (Å²) in [6.45, 7) is 0.756. The smallest absolute Gasteiger partial charge is 0.335 e. The molecule has 2 rings (SSSR count). The van der Waals surface area contributed by atoms with Crippen molar-refractivity contribution in [3.8, 4) is 0 Å². The second kappa shape index (κ2) is 5.18. The third-order valence-electron chi connectivity index (χ3n) is 3.27. The van der Waals surface area contributed by atoms with E-state index in [0.717, 1.165) is 18.5 Å². The molecule has 0 spiro atoms. The minimum absolute atomic E-state index is 0.184. The molecule has 0 aromatic heterocycles. The number of carboxylic acids is 2. The van der Waals surface area contributed by atoms with Gasteiger partial charge in [-0.05, 0) is 37.1 Å². The molecule has 5 heteroatoms. The molecular formula is C13H15NO4. The summed E-state index contributed by atoms with van der Waals surface area (Å²) in [5.74, 6) is -2.34. The Hall–Kier alpha value is -1.88. The summed E-state index contributed by atoms with van der Waals surface area (Å²) >= 11 is 0. The van der Waals surface area contributed by atoms with Crippen LogP contribution in [0.3, 0.4) is 0 Å². The topological polar surface area (TPSA) is 86.6 Å². The molecule has 1 aliphatic heterocycles. The molecule has 1 heterocycles. The van der Waals surface area contributed by atoms with Gasteiger partial charge in [0.25, 0.3) is 0 Å². The van der Waals surface area contributed by atoms with Crippen LogP contribution in [0.15, 0.2) is 24.3 Å². The monoisotopic (exact) mass is 249 g/mol. The second-order valence-electron chi connectivity index (χ2n) is 4.45. The van der Waals surface area contributed by atoms with Crippen molar-refractivity contribution in [2.75, 3.05) is 6.54 Å². The zero-order valence-electron chi connectivity index (χ0n) is 9.80. The van der Waals surface area contributed by atoms with Crippen LogP contribution in [0.5, 0.6) is 0 Å². The fourth-order valence-corrected chi connectivity index (χ4v) is 2.37. The predicted molar refractivity (Wildman–Crippen MR) is 64.5 cm³/mol. The van der Waals surface area contributed by atoms with Gasteiger partial charge in [-0.3, -0.25) is 4.79 Å². The first-order chi connectivity index (χ1) is 8.59. The highest BCUT2D eigenvalue weighted by molar-refractivity contribution is 5.87. The van der Waals surface area contributed by atoms with Crippen LogP contribution in [0.4, 0.5) is 0 Å². The van der Waals surface area contributed by atoms with E-state index in [0.29, 0.717) is 6.42 Å². The molecule has 3 N–H and O–H groups in total. The van der Waals surface area contributed by atoms with Gasteiger partial charge in [0.2, 0.25) is 0 Å². The van der Waals surface area contributed by atoms with Crippen LogP contribution in [0.25, 0.3) is 0 Å². The van der Waals surface area contributed by atoms with Crippen molar-refractivity contribution in [2.45, 2.75) is 18.9 Å². The van der Waals surface area contributed by atoms with E-state index < -0.39 is 17.9 Å². The molecule has 1 saturated heterocycles. The van der Waals surface area contributed by atoms with Crippen LogP contribution in [-0.2, 0) is 4.79 Å². The van der Waals surface area contributed by atoms with Crippen molar-refractivity contribution in [2.24, 2.45) is 5.92 Å². The summed E-state index contributed by atoms with van der Waals surface area (Å²) in [4.78, 5) is 22.1. The molecule has 1 fully saturated rings. The summed E-state index contributed by atoms with van der Waals surface area (Å²) in [5, 5.41) is 21.3. The van der Waals surface area contributed by atoms with Crippen molar-refractivity contribution in [1.82, 2.24) is 5.32 Å². The van der Waals surface area contributed by atoms with E-state index in [-0.39, 0.29) is 11.6 Å². The third-order valence-corrected chi connectivity index (χ3v) is 3.27. The lowest BCUT2D eigenvalue weighted by molar-refractivity contribution is -0.143. The largest absolute Gasteiger partial charge is 0.481 e. The molecule has 1 aromatic carbocycles. The van der Waals surface area contributed by atoms with Gasteiger partial charge in [-0.25, -0.2) is 4.79 Å². The molecule has 1 aliphatic rings. The van der Waals surface area contributed by atoms with Crippen LogP contribution < -0.4 is 5.32 Å². The van der Waals surface area contributed by atoms with Gasteiger partial charge in [-0.2, -0.15) is 0 Å².